The molecule has 3 aromatic heterocycles. The van der Waals surface area contributed by atoms with Crippen molar-refractivity contribution in [2.24, 2.45) is 7.05 Å². The topological polar surface area (TPSA) is 77.0 Å². The van der Waals surface area contributed by atoms with Crippen LogP contribution in [0, 0.1) is 13.8 Å². The number of aromatic amines is 1. The normalized spacial score (nSPS) is 12.6. The Bertz CT molecular complexity index is 1250. The van der Waals surface area contributed by atoms with Gasteiger partial charge in [-0.2, -0.15) is 0 Å². The first-order valence-corrected chi connectivity index (χ1v) is 9.43. The zero-order chi connectivity index (χ0) is 19.3. The summed E-state index contributed by atoms with van der Waals surface area (Å²) in [5.74, 6) is -0.0945. The third kappa shape index (κ3) is 2.84. The second-order valence-electron chi connectivity index (χ2n) is 6.63. The van der Waals surface area contributed by atoms with Crippen molar-refractivity contribution in [2.45, 2.75) is 26.9 Å². The third-order valence-corrected chi connectivity index (χ3v) is 5.94. The first-order valence-electron chi connectivity index (χ1n) is 8.61. The maximum Gasteiger partial charge on any atom is 0.341 e. The van der Waals surface area contributed by atoms with E-state index in [0.717, 1.165) is 21.3 Å². The maximum absolute atomic E-state index is 12.7. The van der Waals surface area contributed by atoms with Gasteiger partial charge in [0.25, 0.3) is 5.56 Å². The van der Waals surface area contributed by atoms with Crippen molar-refractivity contribution in [3.63, 3.8) is 0 Å². The number of H-pyrrole nitrogens is 1. The van der Waals surface area contributed by atoms with Gasteiger partial charge in [-0.15, -0.1) is 11.3 Å². The summed E-state index contributed by atoms with van der Waals surface area (Å²) < 4.78 is 7.49. The van der Waals surface area contributed by atoms with Crippen LogP contribution in [0.15, 0.2) is 35.3 Å². The van der Waals surface area contributed by atoms with E-state index in [9.17, 15) is 9.59 Å². The average Bonchev–Trinajstić information content (AvgIpc) is 3.12. The van der Waals surface area contributed by atoms with Crippen molar-refractivity contribution in [3.05, 3.63) is 62.6 Å². The lowest BCUT2D eigenvalue weighted by atomic mass is 10.2. The van der Waals surface area contributed by atoms with Gasteiger partial charge in [0.05, 0.1) is 10.9 Å². The molecule has 0 bridgehead atoms. The number of hydrogen-bond donors (Lipinski definition) is 1. The molecule has 0 unspecified atom stereocenters. The summed E-state index contributed by atoms with van der Waals surface area (Å²) in [6.45, 7) is 5.58. The standard InChI is InChI=1S/C20H19N3O3S/c1-10-12(3)27-19-16(10)18(24)21-17(22-19)11(2)26-20(25)14-9-23(4)15-8-6-5-7-13(14)15/h5-9,11H,1-4H3,(H,21,22,24)/t11-/m0/s1. The van der Waals surface area contributed by atoms with Gasteiger partial charge < -0.3 is 14.3 Å². The number of carbonyl (C=O) groups is 1. The Morgan fingerprint density at radius 1 is 1.30 bits per heavy atom. The number of aryl methyl sites for hydroxylation is 3. The predicted octanol–water partition coefficient (Wildman–Crippen LogP) is 4.01. The van der Waals surface area contributed by atoms with Gasteiger partial charge in [-0.3, -0.25) is 4.79 Å². The van der Waals surface area contributed by atoms with Crippen LogP contribution in [0.25, 0.3) is 21.1 Å². The SMILES string of the molecule is Cc1sc2nc([C@H](C)OC(=O)c3cn(C)c4ccccc34)[nH]c(=O)c2c1C. The number of rotatable bonds is 3. The van der Waals surface area contributed by atoms with Crippen molar-refractivity contribution < 1.29 is 9.53 Å². The lowest BCUT2D eigenvalue weighted by molar-refractivity contribution is 0.0322. The smallest absolute Gasteiger partial charge is 0.341 e. The van der Waals surface area contributed by atoms with Crippen LogP contribution in [-0.2, 0) is 11.8 Å². The van der Waals surface area contributed by atoms with E-state index in [1.807, 2.05) is 49.7 Å². The molecule has 0 aliphatic heterocycles. The van der Waals surface area contributed by atoms with Crippen LogP contribution in [0.1, 0.15) is 39.7 Å². The molecule has 3 heterocycles. The fourth-order valence-electron chi connectivity index (χ4n) is 3.25. The minimum atomic E-state index is -0.670. The minimum absolute atomic E-state index is 0.204. The molecular formula is C20H19N3O3S. The van der Waals surface area contributed by atoms with Crippen LogP contribution >= 0.6 is 11.3 Å². The summed E-state index contributed by atoms with van der Waals surface area (Å²) in [6, 6.07) is 7.65. The molecule has 4 aromatic rings. The van der Waals surface area contributed by atoms with Crippen LogP contribution in [0.5, 0.6) is 0 Å². The molecule has 4 rings (SSSR count). The van der Waals surface area contributed by atoms with Crippen LogP contribution in [0.3, 0.4) is 0 Å². The minimum Gasteiger partial charge on any atom is -0.451 e. The molecule has 27 heavy (non-hydrogen) atoms. The summed E-state index contributed by atoms with van der Waals surface area (Å²) in [6.07, 6.45) is 1.08. The van der Waals surface area contributed by atoms with Gasteiger partial charge >= 0.3 is 5.97 Å². The Labute approximate surface area is 159 Å². The van der Waals surface area contributed by atoms with Crippen molar-refractivity contribution >= 4 is 38.4 Å². The van der Waals surface area contributed by atoms with Crippen molar-refractivity contribution in [1.29, 1.82) is 0 Å². The Kier molecular flexibility index (Phi) is 4.11. The van der Waals surface area contributed by atoms with E-state index in [0.29, 0.717) is 21.6 Å². The number of thiophene rings is 1. The summed E-state index contributed by atoms with van der Waals surface area (Å²) >= 11 is 1.47. The molecule has 0 fully saturated rings. The van der Waals surface area contributed by atoms with Gasteiger partial charge in [-0.1, -0.05) is 18.2 Å². The van der Waals surface area contributed by atoms with Gasteiger partial charge in [-0.05, 0) is 32.4 Å². The first kappa shape index (κ1) is 17.5. The van der Waals surface area contributed by atoms with E-state index >= 15 is 0 Å². The Balaban J connectivity index is 1.67. The molecule has 1 N–H and O–H groups in total. The number of para-hydroxylation sites is 1. The van der Waals surface area contributed by atoms with Gasteiger partial charge in [0.2, 0.25) is 0 Å². The quantitative estimate of drug-likeness (QED) is 0.544. The van der Waals surface area contributed by atoms with Crippen molar-refractivity contribution in [3.8, 4) is 0 Å². The van der Waals surface area contributed by atoms with E-state index in [2.05, 4.69) is 9.97 Å². The fourth-order valence-corrected chi connectivity index (χ4v) is 4.29. The predicted molar refractivity (Wildman–Crippen MR) is 106 cm³/mol. The van der Waals surface area contributed by atoms with Crippen molar-refractivity contribution in [2.75, 3.05) is 0 Å². The molecule has 0 aliphatic rings. The molecule has 0 radical (unpaired) electrons. The molecule has 7 heteroatoms. The molecule has 1 aromatic carbocycles. The monoisotopic (exact) mass is 381 g/mol. The number of nitrogens with one attached hydrogen (secondary N) is 1. The summed E-state index contributed by atoms with van der Waals surface area (Å²) in [7, 11) is 1.89. The highest BCUT2D eigenvalue weighted by molar-refractivity contribution is 7.18. The van der Waals surface area contributed by atoms with E-state index in [4.69, 9.17) is 4.74 Å². The highest BCUT2D eigenvalue weighted by Crippen LogP contribution is 2.28. The molecule has 0 saturated carbocycles. The number of ether oxygens (including phenoxy) is 1. The van der Waals surface area contributed by atoms with Crippen LogP contribution < -0.4 is 5.56 Å². The fraction of sp³-hybridized carbons (Fsp3) is 0.250. The number of fused-ring (bicyclic) bond motifs is 2. The molecular weight excluding hydrogens is 362 g/mol. The molecule has 6 nitrogen and oxygen atoms in total. The van der Waals surface area contributed by atoms with Crippen LogP contribution in [0.4, 0.5) is 0 Å². The van der Waals surface area contributed by atoms with Gasteiger partial charge in [0.15, 0.2) is 11.9 Å². The Hall–Kier alpha value is -2.93. The van der Waals surface area contributed by atoms with E-state index < -0.39 is 12.1 Å². The van der Waals surface area contributed by atoms with E-state index in [1.54, 1.807) is 13.1 Å². The van der Waals surface area contributed by atoms with E-state index in [1.165, 1.54) is 11.3 Å². The van der Waals surface area contributed by atoms with Gasteiger partial charge in [-0.25, -0.2) is 9.78 Å². The first-order chi connectivity index (χ1) is 12.9. The number of carbonyl (C=O) groups excluding carboxylic acids is 1. The summed E-state index contributed by atoms with van der Waals surface area (Å²) in [5.41, 5.74) is 2.18. The summed E-state index contributed by atoms with van der Waals surface area (Å²) in [5, 5.41) is 1.44. The highest BCUT2D eigenvalue weighted by atomic mass is 32.1. The van der Waals surface area contributed by atoms with Crippen LogP contribution in [0.2, 0.25) is 0 Å². The van der Waals surface area contributed by atoms with Gasteiger partial charge in [0, 0.05) is 29.0 Å². The van der Waals surface area contributed by atoms with Crippen LogP contribution in [-0.4, -0.2) is 20.5 Å². The molecule has 138 valence electrons. The maximum atomic E-state index is 12.7. The number of nitrogens with zero attached hydrogens (tertiary/aromatic N) is 2. The Morgan fingerprint density at radius 2 is 2.04 bits per heavy atom. The second kappa shape index (κ2) is 6.35. The molecule has 1 atom stereocenters. The number of benzene rings is 1. The zero-order valence-electron chi connectivity index (χ0n) is 15.5. The molecule has 0 spiro atoms. The number of aromatic nitrogens is 3. The lowest BCUT2D eigenvalue weighted by Gasteiger charge is -2.12. The highest BCUT2D eigenvalue weighted by Gasteiger charge is 2.21. The number of esters is 1. The summed E-state index contributed by atoms with van der Waals surface area (Å²) in [4.78, 5) is 34.1. The second-order valence-corrected chi connectivity index (χ2v) is 7.84. The number of hydrogen-bond acceptors (Lipinski definition) is 5. The van der Waals surface area contributed by atoms with Gasteiger partial charge in [0.1, 0.15) is 4.83 Å². The Morgan fingerprint density at radius 3 is 2.81 bits per heavy atom. The molecule has 0 amide bonds. The largest absolute Gasteiger partial charge is 0.451 e. The third-order valence-electron chi connectivity index (χ3n) is 4.84. The molecule has 0 aliphatic carbocycles. The zero-order valence-corrected chi connectivity index (χ0v) is 16.3. The average molecular weight is 381 g/mol. The van der Waals surface area contributed by atoms with E-state index in [-0.39, 0.29) is 5.56 Å². The molecule has 0 saturated heterocycles. The lowest BCUT2D eigenvalue weighted by Crippen LogP contribution is -2.17. The van der Waals surface area contributed by atoms with Crippen molar-refractivity contribution in [1.82, 2.24) is 14.5 Å².